The van der Waals surface area contributed by atoms with Gasteiger partial charge >= 0.3 is 17.9 Å². The quantitative estimate of drug-likeness (QED) is 0.0359. The molecule has 6 heteroatoms. The van der Waals surface area contributed by atoms with Gasteiger partial charge in [0, 0.05) is 19.3 Å². The van der Waals surface area contributed by atoms with E-state index in [1.165, 1.54) is 128 Å². The summed E-state index contributed by atoms with van der Waals surface area (Å²) in [6, 6.07) is 0. The molecule has 0 fully saturated rings. The number of carbonyl (C=O) groups is 3. The highest BCUT2D eigenvalue weighted by Gasteiger charge is 2.19. The molecule has 0 aliphatic rings. The maximum Gasteiger partial charge on any atom is 0.306 e. The fourth-order valence-corrected chi connectivity index (χ4v) is 6.45. The molecular formula is C44H84O6. The highest BCUT2D eigenvalue weighted by atomic mass is 16.6. The minimum absolute atomic E-state index is 0.0649. The van der Waals surface area contributed by atoms with Crippen LogP contribution in [0.3, 0.4) is 0 Å². The third-order valence-electron chi connectivity index (χ3n) is 9.79. The molecule has 0 amide bonds. The zero-order valence-electron chi connectivity index (χ0n) is 33.9. The summed E-state index contributed by atoms with van der Waals surface area (Å²) in [4.78, 5) is 37.4. The molecule has 0 saturated heterocycles. The summed E-state index contributed by atoms with van der Waals surface area (Å²) in [6.45, 7) is 8.91. The normalized spacial score (nSPS) is 11.9. The van der Waals surface area contributed by atoms with E-state index in [0.29, 0.717) is 19.3 Å². The Morgan fingerprint density at radius 3 is 0.980 bits per heavy atom. The number of esters is 3. The summed E-state index contributed by atoms with van der Waals surface area (Å²) >= 11 is 0. The Morgan fingerprint density at radius 1 is 0.380 bits per heavy atom. The van der Waals surface area contributed by atoms with E-state index in [1.54, 1.807) is 0 Å². The van der Waals surface area contributed by atoms with Crippen LogP contribution in [0, 0.1) is 5.92 Å². The predicted octanol–water partition coefficient (Wildman–Crippen LogP) is 13.6. The smallest absolute Gasteiger partial charge is 0.306 e. The molecule has 6 nitrogen and oxygen atoms in total. The Morgan fingerprint density at radius 2 is 0.660 bits per heavy atom. The van der Waals surface area contributed by atoms with Crippen molar-refractivity contribution in [2.24, 2.45) is 5.92 Å². The van der Waals surface area contributed by atoms with Crippen molar-refractivity contribution < 1.29 is 28.6 Å². The average Bonchev–Trinajstić information content (AvgIpc) is 3.09. The van der Waals surface area contributed by atoms with Gasteiger partial charge in [-0.05, 0) is 25.2 Å². The van der Waals surface area contributed by atoms with Crippen LogP contribution in [0.2, 0.25) is 0 Å². The van der Waals surface area contributed by atoms with Crippen molar-refractivity contribution in [3.8, 4) is 0 Å². The van der Waals surface area contributed by atoms with Crippen molar-refractivity contribution in [3.05, 3.63) is 0 Å². The van der Waals surface area contributed by atoms with Crippen LogP contribution < -0.4 is 0 Å². The lowest BCUT2D eigenvalue weighted by Crippen LogP contribution is -2.30. The van der Waals surface area contributed by atoms with Crippen LogP contribution in [0.15, 0.2) is 0 Å². The minimum Gasteiger partial charge on any atom is -0.462 e. The van der Waals surface area contributed by atoms with Gasteiger partial charge in [0.15, 0.2) is 6.10 Å². The van der Waals surface area contributed by atoms with Crippen LogP contribution >= 0.6 is 0 Å². The minimum atomic E-state index is -0.756. The van der Waals surface area contributed by atoms with Crippen LogP contribution in [0.25, 0.3) is 0 Å². The van der Waals surface area contributed by atoms with Crippen LogP contribution in [0.1, 0.15) is 240 Å². The monoisotopic (exact) mass is 709 g/mol. The Balaban J connectivity index is 4.17. The van der Waals surface area contributed by atoms with Gasteiger partial charge in [-0.25, -0.2) is 0 Å². The van der Waals surface area contributed by atoms with E-state index < -0.39 is 6.10 Å². The molecular weight excluding hydrogens is 624 g/mol. The highest BCUT2D eigenvalue weighted by Crippen LogP contribution is 2.16. The van der Waals surface area contributed by atoms with Crippen molar-refractivity contribution in [1.82, 2.24) is 0 Å². The maximum absolute atomic E-state index is 12.6. The summed E-state index contributed by atoms with van der Waals surface area (Å²) in [5.74, 6) is -0.0311. The average molecular weight is 709 g/mol. The molecule has 0 aromatic rings. The Kier molecular flexibility index (Phi) is 37.4. The predicted molar refractivity (Wildman–Crippen MR) is 210 cm³/mol. The zero-order chi connectivity index (χ0) is 36.8. The third kappa shape index (κ3) is 37.7. The van der Waals surface area contributed by atoms with Gasteiger partial charge < -0.3 is 14.2 Å². The molecule has 296 valence electrons. The van der Waals surface area contributed by atoms with Crippen LogP contribution in [0.4, 0.5) is 0 Å². The van der Waals surface area contributed by atoms with Gasteiger partial charge in [-0.2, -0.15) is 0 Å². The Bertz CT molecular complexity index is 751. The number of ether oxygens (including phenoxy) is 3. The lowest BCUT2D eigenvalue weighted by Gasteiger charge is -2.18. The Labute approximate surface area is 310 Å². The van der Waals surface area contributed by atoms with E-state index in [0.717, 1.165) is 70.1 Å². The molecule has 0 heterocycles. The fraction of sp³-hybridized carbons (Fsp3) is 0.932. The van der Waals surface area contributed by atoms with E-state index in [9.17, 15) is 14.4 Å². The van der Waals surface area contributed by atoms with Crippen LogP contribution in [-0.4, -0.2) is 37.2 Å². The molecule has 0 aromatic heterocycles. The third-order valence-corrected chi connectivity index (χ3v) is 9.79. The molecule has 0 saturated carbocycles. The molecule has 0 spiro atoms. The van der Waals surface area contributed by atoms with Crippen molar-refractivity contribution in [2.75, 3.05) is 13.2 Å². The number of rotatable bonds is 39. The first-order valence-corrected chi connectivity index (χ1v) is 21.9. The number of carbonyl (C=O) groups excluding carboxylic acids is 3. The van der Waals surface area contributed by atoms with Crippen molar-refractivity contribution in [2.45, 2.75) is 246 Å². The standard InChI is InChI=1S/C44H84O6/c1-5-7-9-11-12-13-17-22-25-29-33-37-44(47)50-41(38-48-42(45)35-31-26-10-8-6-2)39-49-43(46)36-32-28-24-21-19-16-14-15-18-20-23-27-30-34-40(3)4/h40-41H,5-39H2,1-4H3/t41-/m0/s1. The SMILES string of the molecule is CCCCCCCCCCCCCC(=O)O[C@@H](COC(=O)CCCCCCC)COC(=O)CCCCCCCCCCCCCCCC(C)C. The van der Waals surface area contributed by atoms with Crippen LogP contribution in [-0.2, 0) is 28.6 Å². The summed E-state index contributed by atoms with van der Waals surface area (Å²) in [5.41, 5.74) is 0. The van der Waals surface area contributed by atoms with E-state index in [-0.39, 0.29) is 31.1 Å². The van der Waals surface area contributed by atoms with Gasteiger partial charge in [-0.3, -0.25) is 14.4 Å². The topological polar surface area (TPSA) is 78.9 Å². The first-order valence-electron chi connectivity index (χ1n) is 21.9. The number of unbranched alkanes of at least 4 members (excludes halogenated alkanes) is 26. The second-order valence-corrected chi connectivity index (χ2v) is 15.5. The summed E-state index contributed by atoms with van der Waals surface area (Å²) in [7, 11) is 0. The van der Waals surface area contributed by atoms with Crippen molar-refractivity contribution in [1.29, 1.82) is 0 Å². The second-order valence-electron chi connectivity index (χ2n) is 15.5. The lowest BCUT2D eigenvalue weighted by molar-refractivity contribution is -0.167. The zero-order valence-corrected chi connectivity index (χ0v) is 33.9. The van der Waals surface area contributed by atoms with E-state index in [4.69, 9.17) is 14.2 Å². The molecule has 0 unspecified atom stereocenters. The first-order chi connectivity index (χ1) is 24.4. The van der Waals surface area contributed by atoms with Gasteiger partial charge in [0.2, 0.25) is 0 Å². The van der Waals surface area contributed by atoms with E-state index >= 15 is 0 Å². The molecule has 0 aliphatic carbocycles. The maximum atomic E-state index is 12.6. The molecule has 0 radical (unpaired) electrons. The molecule has 0 aliphatic heterocycles. The molecule has 1 atom stereocenters. The second kappa shape index (κ2) is 38.6. The Hall–Kier alpha value is -1.59. The summed E-state index contributed by atoms with van der Waals surface area (Å²) < 4.78 is 16.6. The number of hydrogen-bond donors (Lipinski definition) is 0. The molecule has 0 bridgehead atoms. The largest absolute Gasteiger partial charge is 0.462 e. The van der Waals surface area contributed by atoms with Gasteiger partial charge in [-0.15, -0.1) is 0 Å². The van der Waals surface area contributed by atoms with E-state index in [2.05, 4.69) is 27.7 Å². The van der Waals surface area contributed by atoms with Gasteiger partial charge in [0.05, 0.1) is 0 Å². The molecule has 0 N–H and O–H groups in total. The summed E-state index contributed by atoms with van der Waals surface area (Å²) in [5, 5.41) is 0. The molecule has 50 heavy (non-hydrogen) atoms. The first kappa shape index (κ1) is 48.4. The fourth-order valence-electron chi connectivity index (χ4n) is 6.45. The van der Waals surface area contributed by atoms with Crippen LogP contribution in [0.5, 0.6) is 0 Å². The van der Waals surface area contributed by atoms with Gasteiger partial charge in [0.1, 0.15) is 13.2 Å². The van der Waals surface area contributed by atoms with E-state index in [1.807, 2.05) is 0 Å². The van der Waals surface area contributed by atoms with Crippen molar-refractivity contribution in [3.63, 3.8) is 0 Å². The lowest BCUT2D eigenvalue weighted by atomic mass is 10.0. The van der Waals surface area contributed by atoms with Crippen molar-refractivity contribution >= 4 is 17.9 Å². The van der Waals surface area contributed by atoms with Gasteiger partial charge in [-0.1, -0.05) is 201 Å². The number of hydrogen-bond acceptors (Lipinski definition) is 6. The highest BCUT2D eigenvalue weighted by molar-refractivity contribution is 5.71. The molecule has 0 rings (SSSR count). The summed E-state index contributed by atoms with van der Waals surface area (Å²) in [6.07, 6.45) is 36.8. The molecule has 0 aromatic carbocycles. The van der Waals surface area contributed by atoms with Gasteiger partial charge in [0.25, 0.3) is 0 Å².